The fraction of sp³-hybridized carbons (Fsp3) is 0.545. The van der Waals surface area contributed by atoms with Crippen molar-refractivity contribution in [2.24, 2.45) is 0 Å². The lowest BCUT2D eigenvalue weighted by atomic mass is 10.2. The fourth-order valence-corrected chi connectivity index (χ4v) is 2.58. The number of hydrogen-bond donors (Lipinski definition) is 0. The van der Waals surface area contributed by atoms with Crippen molar-refractivity contribution in [2.45, 2.75) is 19.4 Å². The Balaban J connectivity index is 1.98. The maximum Gasteiger partial charge on any atom is 0.219 e. The minimum Gasteiger partial charge on any atom is -0.369 e. The van der Waals surface area contributed by atoms with Crippen molar-refractivity contribution < 1.29 is 9.53 Å². The van der Waals surface area contributed by atoms with Crippen LogP contribution < -0.4 is 0 Å². The van der Waals surface area contributed by atoms with E-state index >= 15 is 0 Å². The Morgan fingerprint density at radius 2 is 2.53 bits per heavy atom. The van der Waals surface area contributed by atoms with Crippen LogP contribution >= 0.6 is 11.8 Å². The van der Waals surface area contributed by atoms with Gasteiger partial charge in [-0.1, -0.05) is 12.2 Å². The summed E-state index contributed by atoms with van der Waals surface area (Å²) in [5, 5.41) is 2.09. The van der Waals surface area contributed by atoms with E-state index in [4.69, 9.17) is 4.74 Å². The van der Waals surface area contributed by atoms with Gasteiger partial charge in [-0.25, -0.2) is 0 Å². The maximum atomic E-state index is 11.3. The first-order chi connectivity index (χ1) is 7.27. The third-order valence-corrected chi connectivity index (χ3v) is 3.61. The molecule has 0 saturated carbocycles. The zero-order chi connectivity index (χ0) is 10.7. The fourth-order valence-electron chi connectivity index (χ4n) is 1.73. The second kappa shape index (κ2) is 4.86. The predicted octanol–water partition coefficient (Wildman–Crippen LogP) is 1.77. The molecular weight excluding hydrogens is 210 g/mol. The zero-order valence-electron chi connectivity index (χ0n) is 8.81. The van der Waals surface area contributed by atoms with Crippen LogP contribution in [0, 0.1) is 0 Å². The predicted molar refractivity (Wildman–Crippen MR) is 61.4 cm³/mol. The average molecular weight is 225 g/mol. The molecular formula is C11H15NO2S. The molecule has 82 valence electrons. The highest BCUT2D eigenvalue weighted by Crippen LogP contribution is 2.29. The van der Waals surface area contributed by atoms with Crippen molar-refractivity contribution in [2.75, 3.05) is 19.7 Å². The summed E-state index contributed by atoms with van der Waals surface area (Å²) in [5.74, 6) is 0.139. The van der Waals surface area contributed by atoms with Crippen molar-refractivity contribution >= 4 is 17.7 Å². The summed E-state index contributed by atoms with van der Waals surface area (Å²) in [6, 6.07) is 0. The summed E-state index contributed by atoms with van der Waals surface area (Å²) in [5.41, 5.74) is 0. The summed E-state index contributed by atoms with van der Waals surface area (Å²) in [6.45, 7) is 3.68. The molecule has 2 heterocycles. The summed E-state index contributed by atoms with van der Waals surface area (Å²) < 4.78 is 5.68. The second-order valence-electron chi connectivity index (χ2n) is 3.66. The Labute approximate surface area is 94.2 Å². The smallest absolute Gasteiger partial charge is 0.219 e. The van der Waals surface area contributed by atoms with Gasteiger partial charge in [-0.15, -0.1) is 11.8 Å². The number of rotatable bonds is 1. The van der Waals surface area contributed by atoms with Gasteiger partial charge >= 0.3 is 0 Å². The molecule has 3 nitrogen and oxygen atoms in total. The van der Waals surface area contributed by atoms with E-state index in [2.05, 4.69) is 17.6 Å². The highest BCUT2D eigenvalue weighted by Gasteiger charge is 2.25. The first kappa shape index (κ1) is 10.8. The van der Waals surface area contributed by atoms with E-state index in [-0.39, 0.29) is 12.0 Å². The molecule has 1 unspecified atom stereocenters. The number of ether oxygens (including phenoxy) is 1. The Hall–Kier alpha value is -0.740. The second-order valence-corrected chi connectivity index (χ2v) is 4.64. The van der Waals surface area contributed by atoms with Crippen LogP contribution in [0.15, 0.2) is 22.5 Å². The van der Waals surface area contributed by atoms with Crippen LogP contribution in [0.1, 0.15) is 13.3 Å². The Kier molecular flexibility index (Phi) is 3.49. The highest BCUT2D eigenvalue weighted by atomic mass is 32.2. The molecule has 2 rings (SSSR count). The normalized spacial score (nSPS) is 26.3. The van der Waals surface area contributed by atoms with Gasteiger partial charge in [0, 0.05) is 18.4 Å². The van der Waals surface area contributed by atoms with Gasteiger partial charge in [0.15, 0.2) is 0 Å². The van der Waals surface area contributed by atoms with Crippen molar-refractivity contribution in [3.63, 3.8) is 0 Å². The highest BCUT2D eigenvalue weighted by molar-refractivity contribution is 8.05. The van der Waals surface area contributed by atoms with E-state index in [9.17, 15) is 4.79 Å². The lowest BCUT2D eigenvalue weighted by Crippen LogP contribution is -2.45. The number of nitrogens with zero attached hydrogens (tertiary/aromatic N) is 1. The van der Waals surface area contributed by atoms with Crippen LogP contribution in [0.5, 0.6) is 0 Å². The van der Waals surface area contributed by atoms with Gasteiger partial charge in [-0.3, -0.25) is 4.79 Å². The van der Waals surface area contributed by atoms with Gasteiger partial charge in [-0.2, -0.15) is 0 Å². The van der Waals surface area contributed by atoms with Gasteiger partial charge in [0.25, 0.3) is 0 Å². The Bertz CT molecular complexity index is 312. The molecule has 1 atom stereocenters. The molecule has 15 heavy (non-hydrogen) atoms. The van der Waals surface area contributed by atoms with Crippen LogP contribution in [-0.2, 0) is 9.53 Å². The maximum absolute atomic E-state index is 11.3. The zero-order valence-corrected chi connectivity index (χ0v) is 9.63. The topological polar surface area (TPSA) is 29.5 Å². The molecule has 0 spiro atoms. The van der Waals surface area contributed by atoms with Crippen LogP contribution in [0.4, 0.5) is 0 Å². The van der Waals surface area contributed by atoms with Gasteiger partial charge < -0.3 is 9.64 Å². The number of carbonyl (C=O) groups is 1. The molecule has 0 aromatic carbocycles. The van der Waals surface area contributed by atoms with Crippen molar-refractivity contribution in [1.29, 1.82) is 0 Å². The van der Waals surface area contributed by atoms with Crippen LogP contribution in [0.25, 0.3) is 0 Å². The van der Waals surface area contributed by atoms with Crippen LogP contribution in [0.2, 0.25) is 0 Å². The number of morpholine rings is 1. The molecule has 4 heteroatoms. The van der Waals surface area contributed by atoms with Crippen molar-refractivity contribution in [3.05, 3.63) is 22.5 Å². The summed E-state index contributed by atoms with van der Waals surface area (Å²) in [7, 11) is 0. The minimum atomic E-state index is 0.0811. The molecule has 0 aromatic rings. The van der Waals surface area contributed by atoms with Crippen molar-refractivity contribution in [1.82, 2.24) is 4.90 Å². The number of carbonyl (C=O) groups excluding carboxylic acids is 1. The molecule has 0 bridgehead atoms. The lowest BCUT2D eigenvalue weighted by molar-refractivity contribution is -0.134. The van der Waals surface area contributed by atoms with Crippen LogP contribution in [-0.4, -0.2) is 36.6 Å². The molecule has 0 aromatic heterocycles. The monoisotopic (exact) mass is 225 g/mol. The number of amides is 1. The number of thioether (sulfide) groups is 1. The number of hydrogen-bond acceptors (Lipinski definition) is 3. The third kappa shape index (κ3) is 2.63. The summed E-state index contributed by atoms with van der Waals surface area (Å²) in [6.07, 6.45) is 5.36. The summed E-state index contributed by atoms with van der Waals surface area (Å²) in [4.78, 5) is 14.4. The van der Waals surface area contributed by atoms with Gasteiger partial charge in [0.05, 0.1) is 13.2 Å². The van der Waals surface area contributed by atoms with Gasteiger partial charge in [-0.05, 0) is 11.8 Å². The van der Waals surface area contributed by atoms with Crippen molar-refractivity contribution in [3.8, 4) is 0 Å². The molecule has 1 saturated heterocycles. The van der Waals surface area contributed by atoms with E-state index in [1.165, 1.54) is 4.91 Å². The first-order valence-electron chi connectivity index (χ1n) is 5.16. The molecule has 0 radical (unpaired) electrons. The molecule has 2 aliphatic rings. The SMILES string of the molecule is CC(=O)N1CCOC(C2=CCC=CS2)C1. The quantitative estimate of drug-likeness (QED) is 0.681. The Morgan fingerprint density at radius 1 is 1.67 bits per heavy atom. The van der Waals surface area contributed by atoms with Gasteiger partial charge in [0.1, 0.15) is 6.10 Å². The summed E-state index contributed by atoms with van der Waals surface area (Å²) >= 11 is 1.70. The molecule has 1 fully saturated rings. The largest absolute Gasteiger partial charge is 0.369 e. The molecule has 0 N–H and O–H groups in total. The third-order valence-electron chi connectivity index (χ3n) is 2.58. The average Bonchev–Trinajstić information content (AvgIpc) is 2.30. The molecule has 1 amide bonds. The molecule has 0 aliphatic carbocycles. The number of allylic oxidation sites excluding steroid dienone is 2. The lowest BCUT2D eigenvalue weighted by Gasteiger charge is -2.33. The minimum absolute atomic E-state index is 0.0811. The van der Waals surface area contributed by atoms with E-state index in [1.54, 1.807) is 18.7 Å². The van der Waals surface area contributed by atoms with E-state index in [1.807, 2.05) is 4.90 Å². The van der Waals surface area contributed by atoms with E-state index in [0.29, 0.717) is 13.2 Å². The van der Waals surface area contributed by atoms with E-state index in [0.717, 1.165) is 13.0 Å². The van der Waals surface area contributed by atoms with Gasteiger partial charge in [0.2, 0.25) is 5.91 Å². The Morgan fingerprint density at radius 3 is 3.20 bits per heavy atom. The molecule has 2 aliphatic heterocycles. The first-order valence-corrected chi connectivity index (χ1v) is 6.04. The van der Waals surface area contributed by atoms with Crippen LogP contribution in [0.3, 0.4) is 0 Å². The standard InChI is InChI=1S/C11H15NO2S/c1-9(13)12-5-6-14-10(8-12)11-4-2-3-7-15-11/h3-4,7,10H,2,5-6,8H2,1H3. The van der Waals surface area contributed by atoms with E-state index < -0.39 is 0 Å².